The smallest absolute Gasteiger partial charge is 0.263 e. The van der Waals surface area contributed by atoms with Gasteiger partial charge in [-0.2, -0.15) is 5.26 Å². The van der Waals surface area contributed by atoms with Crippen LogP contribution in [0.15, 0.2) is 11.8 Å². The first-order valence-electron chi connectivity index (χ1n) is 8.30. The Labute approximate surface area is 145 Å². The highest BCUT2D eigenvalue weighted by Gasteiger charge is 2.31. The molecule has 1 heterocycles. The number of hydrogen-bond acceptors (Lipinski definition) is 6. The third-order valence-corrected chi connectivity index (χ3v) is 5.71. The summed E-state index contributed by atoms with van der Waals surface area (Å²) in [5.41, 5.74) is 0.0224. The fourth-order valence-electron chi connectivity index (χ4n) is 2.48. The summed E-state index contributed by atoms with van der Waals surface area (Å²) < 4.78 is 23.5. The number of nitriles is 1. The molecule has 1 atom stereocenters. The number of carbonyl (C=O) groups is 1. The van der Waals surface area contributed by atoms with Crippen molar-refractivity contribution < 1.29 is 13.2 Å². The van der Waals surface area contributed by atoms with Crippen molar-refractivity contribution in [3.8, 4) is 6.07 Å². The largest absolute Gasteiger partial charge is 0.371 e. The number of rotatable bonds is 9. The van der Waals surface area contributed by atoms with Crippen molar-refractivity contribution in [2.45, 2.75) is 32.2 Å². The van der Waals surface area contributed by atoms with E-state index in [4.69, 9.17) is 0 Å². The van der Waals surface area contributed by atoms with Crippen molar-refractivity contribution in [3.05, 3.63) is 11.8 Å². The SMILES string of the molecule is CCCCNC(=O)/C(C#N)=C\N(CCN(C)C)C1CCS(=O)(=O)C1. The minimum atomic E-state index is -3.03. The molecule has 0 radical (unpaired) electrons. The Morgan fingerprint density at radius 2 is 2.08 bits per heavy atom. The van der Waals surface area contributed by atoms with Gasteiger partial charge in [0.15, 0.2) is 9.84 Å². The average molecular weight is 356 g/mol. The fourth-order valence-corrected chi connectivity index (χ4v) is 4.23. The highest BCUT2D eigenvalue weighted by molar-refractivity contribution is 7.91. The lowest BCUT2D eigenvalue weighted by Gasteiger charge is -2.28. The predicted octanol–water partition coefficient (Wildman–Crippen LogP) is 0.361. The lowest BCUT2D eigenvalue weighted by molar-refractivity contribution is -0.117. The van der Waals surface area contributed by atoms with Gasteiger partial charge in [-0.3, -0.25) is 4.79 Å². The van der Waals surface area contributed by atoms with Crippen molar-refractivity contribution in [2.24, 2.45) is 0 Å². The standard InChI is InChI=1S/C16H28N4O3S/c1-4-5-7-18-16(21)14(11-17)12-20(9-8-19(2)3)15-6-10-24(22,23)13-15/h12,15H,4-10,13H2,1-3H3,(H,18,21)/b14-12-. The van der Waals surface area contributed by atoms with E-state index in [0.717, 1.165) is 12.8 Å². The first-order chi connectivity index (χ1) is 11.3. The van der Waals surface area contributed by atoms with Crippen LogP contribution in [0.2, 0.25) is 0 Å². The van der Waals surface area contributed by atoms with Gasteiger partial charge in [-0.15, -0.1) is 0 Å². The van der Waals surface area contributed by atoms with E-state index in [0.29, 0.717) is 26.1 Å². The molecule has 1 fully saturated rings. The predicted molar refractivity (Wildman–Crippen MR) is 93.9 cm³/mol. The lowest BCUT2D eigenvalue weighted by atomic mass is 10.2. The highest BCUT2D eigenvalue weighted by Crippen LogP contribution is 2.19. The summed E-state index contributed by atoms with van der Waals surface area (Å²) in [6.07, 6.45) is 3.87. The fraction of sp³-hybridized carbons (Fsp3) is 0.750. The second kappa shape index (κ2) is 9.64. The number of unbranched alkanes of at least 4 members (excludes halogenated alkanes) is 1. The maximum atomic E-state index is 12.1. The van der Waals surface area contributed by atoms with Crippen LogP contribution in [0.3, 0.4) is 0 Å². The normalized spacial score (nSPS) is 20.0. The van der Waals surface area contributed by atoms with Gasteiger partial charge in [0.1, 0.15) is 11.6 Å². The highest BCUT2D eigenvalue weighted by atomic mass is 32.2. The van der Waals surface area contributed by atoms with Crippen LogP contribution in [0.1, 0.15) is 26.2 Å². The van der Waals surface area contributed by atoms with Crippen molar-refractivity contribution in [2.75, 3.05) is 45.2 Å². The summed E-state index contributed by atoms with van der Waals surface area (Å²) in [6, 6.07) is 1.76. The Kier molecular flexibility index (Phi) is 8.22. The zero-order valence-electron chi connectivity index (χ0n) is 14.8. The van der Waals surface area contributed by atoms with E-state index in [1.54, 1.807) is 0 Å². The summed E-state index contributed by atoms with van der Waals surface area (Å²) in [5, 5.41) is 12.0. The number of carbonyl (C=O) groups excluding carboxylic acids is 1. The summed E-state index contributed by atoms with van der Waals surface area (Å²) in [5.74, 6) is -0.164. The van der Waals surface area contributed by atoms with Crippen LogP contribution in [-0.2, 0) is 14.6 Å². The second-order valence-corrected chi connectivity index (χ2v) is 8.59. The molecule has 1 amide bonds. The van der Waals surface area contributed by atoms with E-state index in [9.17, 15) is 18.5 Å². The van der Waals surface area contributed by atoms with Crippen LogP contribution in [0.25, 0.3) is 0 Å². The van der Waals surface area contributed by atoms with Crippen LogP contribution < -0.4 is 5.32 Å². The van der Waals surface area contributed by atoms with Gasteiger partial charge < -0.3 is 15.1 Å². The van der Waals surface area contributed by atoms with Crippen LogP contribution >= 0.6 is 0 Å². The number of sulfone groups is 1. The van der Waals surface area contributed by atoms with Crippen LogP contribution in [0.5, 0.6) is 0 Å². The van der Waals surface area contributed by atoms with E-state index >= 15 is 0 Å². The molecule has 1 N–H and O–H groups in total. The van der Waals surface area contributed by atoms with Crippen molar-refractivity contribution in [3.63, 3.8) is 0 Å². The molecule has 0 aromatic carbocycles. The quantitative estimate of drug-likeness (QED) is 0.364. The molecule has 0 saturated carbocycles. The van der Waals surface area contributed by atoms with E-state index < -0.39 is 15.7 Å². The molecule has 1 rings (SSSR count). The Hall–Kier alpha value is -1.59. The molecule has 1 aliphatic heterocycles. The summed E-state index contributed by atoms with van der Waals surface area (Å²) in [7, 11) is 0.826. The van der Waals surface area contributed by atoms with Gasteiger partial charge in [-0.1, -0.05) is 13.3 Å². The molecule has 0 spiro atoms. The molecule has 8 heteroatoms. The zero-order valence-corrected chi connectivity index (χ0v) is 15.6. The van der Waals surface area contributed by atoms with Gasteiger partial charge in [-0.25, -0.2) is 8.42 Å². The Morgan fingerprint density at radius 1 is 1.38 bits per heavy atom. The number of amides is 1. The molecule has 0 aromatic rings. The molecular weight excluding hydrogens is 328 g/mol. The monoisotopic (exact) mass is 356 g/mol. The number of nitrogens with zero attached hydrogens (tertiary/aromatic N) is 3. The van der Waals surface area contributed by atoms with E-state index in [-0.39, 0.29) is 23.1 Å². The molecule has 1 aliphatic rings. The molecular formula is C16H28N4O3S. The maximum absolute atomic E-state index is 12.1. The number of hydrogen-bond donors (Lipinski definition) is 1. The van der Waals surface area contributed by atoms with Gasteiger partial charge >= 0.3 is 0 Å². The van der Waals surface area contributed by atoms with E-state index in [2.05, 4.69) is 5.32 Å². The van der Waals surface area contributed by atoms with Gasteiger partial charge in [0.25, 0.3) is 5.91 Å². The molecule has 7 nitrogen and oxygen atoms in total. The Balaban J connectivity index is 2.87. The molecule has 1 unspecified atom stereocenters. The maximum Gasteiger partial charge on any atom is 0.263 e. The first-order valence-corrected chi connectivity index (χ1v) is 10.1. The Bertz CT molecular complexity index is 593. The van der Waals surface area contributed by atoms with Gasteiger partial charge in [0.2, 0.25) is 0 Å². The van der Waals surface area contributed by atoms with Crippen molar-refractivity contribution in [1.29, 1.82) is 5.26 Å². The summed E-state index contributed by atoms with van der Waals surface area (Å²) >= 11 is 0. The second-order valence-electron chi connectivity index (χ2n) is 6.36. The third-order valence-electron chi connectivity index (χ3n) is 3.96. The minimum Gasteiger partial charge on any atom is -0.371 e. The average Bonchev–Trinajstić information content (AvgIpc) is 2.87. The zero-order chi connectivity index (χ0) is 18.2. The van der Waals surface area contributed by atoms with E-state index in [1.807, 2.05) is 36.9 Å². The minimum absolute atomic E-state index is 0.0224. The summed E-state index contributed by atoms with van der Waals surface area (Å²) in [4.78, 5) is 15.9. The van der Waals surface area contributed by atoms with Gasteiger partial charge in [0, 0.05) is 31.9 Å². The molecule has 24 heavy (non-hydrogen) atoms. The van der Waals surface area contributed by atoms with Crippen molar-refractivity contribution in [1.82, 2.24) is 15.1 Å². The topological polar surface area (TPSA) is 93.5 Å². The number of likely N-dealkylation sites (N-methyl/N-ethyl adjacent to an activating group) is 1. The number of nitrogens with one attached hydrogen (secondary N) is 1. The molecule has 0 bridgehead atoms. The Morgan fingerprint density at radius 3 is 2.58 bits per heavy atom. The molecule has 0 aliphatic carbocycles. The molecule has 136 valence electrons. The van der Waals surface area contributed by atoms with Gasteiger partial charge in [-0.05, 0) is 26.9 Å². The lowest BCUT2D eigenvalue weighted by Crippen LogP contribution is -2.38. The first kappa shape index (κ1) is 20.5. The van der Waals surface area contributed by atoms with E-state index in [1.165, 1.54) is 6.20 Å². The van der Waals surface area contributed by atoms with Crippen LogP contribution in [0, 0.1) is 11.3 Å². The van der Waals surface area contributed by atoms with Crippen molar-refractivity contribution >= 4 is 15.7 Å². The van der Waals surface area contributed by atoms with Crippen LogP contribution in [-0.4, -0.2) is 75.4 Å². The third kappa shape index (κ3) is 6.89. The molecule has 1 saturated heterocycles. The van der Waals surface area contributed by atoms with Gasteiger partial charge in [0.05, 0.1) is 11.5 Å². The van der Waals surface area contributed by atoms with Crippen LogP contribution in [0.4, 0.5) is 0 Å². The molecule has 0 aromatic heterocycles. The summed E-state index contributed by atoms with van der Waals surface area (Å²) in [6.45, 7) is 3.84.